The third kappa shape index (κ3) is 1.20. The molecule has 0 aliphatic rings. The van der Waals surface area contributed by atoms with Crippen molar-refractivity contribution in [2.24, 2.45) is 0 Å². The maximum absolute atomic E-state index is 10.3. The average Bonchev–Trinajstić information content (AvgIpc) is 2.27. The van der Waals surface area contributed by atoms with E-state index in [4.69, 9.17) is 22.6 Å². The third-order valence-electron chi connectivity index (χ3n) is 1.14. The van der Waals surface area contributed by atoms with Crippen LogP contribution in [-0.4, -0.2) is 4.92 Å². The molecule has 1 aromatic heterocycles. The monoisotopic (exact) mass is 203 g/mol. The van der Waals surface area contributed by atoms with Crippen molar-refractivity contribution in [2.75, 3.05) is 5.73 Å². The molecule has 0 saturated carbocycles. The van der Waals surface area contributed by atoms with Gasteiger partial charge in [-0.1, -0.05) is 11.6 Å². The summed E-state index contributed by atoms with van der Waals surface area (Å²) >= 11 is 6.19. The van der Waals surface area contributed by atoms with Crippen LogP contribution in [0.25, 0.3) is 0 Å². The molecule has 0 spiro atoms. The highest BCUT2D eigenvalue weighted by atomic mass is 35.5. The molecule has 7 heteroatoms. The number of thiophene rings is 1. The van der Waals surface area contributed by atoms with E-state index in [0.29, 0.717) is 11.3 Å². The van der Waals surface area contributed by atoms with E-state index in [1.54, 1.807) is 6.07 Å². The second-order valence-corrected chi connectivity index (χ2v) is 3.24. The molecule has 0 fully saturated rings. The number of halogens is 1. The van der Waals surface area contributed by atoms with Crippen LogP contribution in [0.2, 0.25) is 5.02 Å². The van der Waals surface area contributed by atoms with Crippen molar-refractivity contribution < 1.29 is 4.92 Å². The second-order valence-electron chi connectivity index (χ2n) is 1.83. The van der Waals surface area contributed by atoms with E-state index in [1.165, 1.54) is 0 Å². The minimum atomic E-state index is -0.662. The summed E-state index contributed by atoms with van der Waals surface area (Å²) in [5.74, 6) is 0. The minimum absolute atomic E-state index is 0.0200. The summed E-state index contributed by atoms with van der Waals surface area (Å²) in [6, 6.07) is 1.69. The highest BCUT2D eigenvalue weighted by molar-refractivity contribution is 7.20. The van der Waals surface area contributed by atoms with Gasteiger partial charge in [0.25, 0.3) is 0 Å². The van der Waals surface area contributed by atoms with Gasteiger partial charge < -0.3 is 5.73 Å². The van der Waals surface area contributed by atoms with Gasteiger partial charge >= 0.3 is 5.00 Å². The molecular weight excluding hydrogens is 202 g/mol. The largest absolute Gasteiger partial charge is 0.389 e. The summed E-state index contributed by atoms with van der Waals surface area (Å²) in [4.78, 5) is 9.61. The quantitative estimate of drug-likeness (QED) is 0.556. The van der Waals surface area contributed by atoms with Crippen molar-refractivity contribution in [1.82, 2.24) is 0 Å². The van der Waals surface area contributed by atoms with Crippen LogP contribution in [-0.2, 0) is 0 Å². The first kappa shape index (κ1) is 8.77. The molecule has 0 bridgehead atoms. The first-order valence-electron chi connectivity index (χ1n) is 2.70. The molecule has 5 nitrogen and oxygen atoms in total. The highest BCUT2D eigenvalue weighted by Crippen LogP contribution is 2.40. The molecule has 0 saturated heterocycles. The Kier molecular flexibility index (Phi) is 2.17. The van der Waals surface area contributed by atoms with E-state index in [0.717, 1.165) is 0 Å². The van der Waals surface area contributed by atoms with E-state index >= 15 is 0 Å². The van der Waals surface area contributed by atoms with Gasteiger partial charge in [-0.2, -0.15) is 5.26 Å². The number of nitrogens with zero attached hydrogens (tertiary/aromatic N) is 2. The zero-order valence-electron chi connectivity index (χ0n) is 5.57. The number of nitrogen functional groups attached to an aromatic ring is 1. The van der Waals surface area contributed by atoms with Gasteiger partial charge in [0.15, 0.2) is 5.02 Å². The summed E-state index contributed by atoms with van der Waals surface area (Å²) in [7, 11) is 0. The normalized spacial score (nSPS) is 9.33. The van der Waals surface area contributed by atoms with Gasteiger partial charge in [0.2, 0.25) is 0 Å². The Morgan fingerprint density at radius 3 is 2.58 bits per heavy atom. The van der Waals surface area contributed by atoms with Crippen LogP contribution in [0.4, 0.5) is 10.0 Å². The van der Waals surface area contributed by atoms with Crippen LogP contribution in [0.3, 0.4) is 0 Å². The Bertz CT molecular complexity index is 381. The molecule has 0 atom stereocenters. The maximum Gasteiger partial charge on any atom is 0.346 e. The Morgan fingerprint density at radius 2 is 2.33 bits per heavy atom. The summed E-state index contributed by atoms with van der Waals surface area (Å²) in [5, 5.41) is 18.3. The number of hydrogen-bond donors (Lipinski definition) is 1. The van der Waals surface area contributed by atoms with Gasteiger partial charge in [0, 0.05) is 0 Å². The van der Waals surface area contributed by atoms with Crippen LogP contribution < -0.4 is 5.73 Å². The van der Waals surface area contributed by atoms with Crippen molar-refractivity contribution in [3.63, 3.8) is 0 Å². The van der Waals surface area contributed by atoms with Gasteiger partial charge in [-0.3, -0.25) is 10.1 Å². The number of anilines is 1. The van der Waals surface area contributed by atoms with E-state index in [-0.39, 0.29) is 20.6 Å². The summed E-state index contributed by atoms with van der Waals surface area (Å²) in [6.07, 6.45) is 0. The van der Waals surface area contributed by atoms with E-state index < -0.39 is 4.92 Å². The van der Waals surface area contributed by atoms with Crippen molar-refractivity contribution in [3.05, 3.63) is 20.7 Å². The fraction of sp³-hybridized carbons (Fsp3) is 0. The Hall–Kier alpha value is -1.32. The molecular formula is C5H2ClN3O2S. The van der Waals surface area contributed by atoms with Gasteiger partial charge in [0.1, 0.15) is 16.6 Å². The number of nitriles is 1. The van der Waals surface area contributed by atoms with Crippen molar-refractivity contribution in [2.45, 2.75) is 0 Å². The van der Waals surface area contributed by atoms with Crippen LogP contribution in [0.1, 0.15) is 5.56 Å². The lowest BCUT2D eigenvalue weighted by molar-refractivity contribution is -0.380. The summed E-state index contributed by atoms with van der Waals surface area (Å²) < 4.78 is 0. The van der Waals surface area contributed by atoms with E-state index in [2.05, 4.69) is 0 Å². The average molecular weight is 204 g/mol. The lowest BCUT2D eigenvalue weighted by atomic mass is 10.3. The summed E-state index contributed by atoms with van der Waals surface area (Å²) in [6.45, 7) is 0. The zero-order chi connectivity index (χ0) is 9.30. The lowest BCUT2D eigenvalue weighted by Crippen LogP contribution is -1.84. The predicted molar refractivity (Wildman–Crippen MR) is 45.1 cm³/mol. The molecule has 0 aliphatic carbocycles. The van der Waals surface area contributed by atoms with Crippen LogP contribution in [0.15, 0.2) is 0 Å². The molecule has 0 radical (unpaired) electrons. The zero-order valence-corrected chi connectivity index (χ0v) is 7.15. The molecule has 0 aliphatic heterocycles. The molecule has 1 rings (SSSR count). The molecule has 62 valence electrons. The number of nitro groups is 1. The SMILES string of the molecule is N#Cc1c(N)sc([N+](=O)[O-])c1Cl. The fourth-order valence-electron chi connectivity index (χ4n) is 0.637. The Labute approximate surface area is 76.1 Å². The van der Waals surface area contributed by atoms with Crippen LogP contribution >= 0.6 is 22.9 Å². The first-order chi connectivity index (χ1) is 5.57. The highest BCUT2D eigenvalue weighted by Gasteiger charge is 2.22. The smallest absolute Gasteiger partial charge is 0.346 e. The lowest BCUT2D eigenvalue weighted by Gasteiger charge is -1.83. The molecule has 2 N–H and O–H groups in total. The van der Waals surface area contributed by atoms with Gasteiger partial charge in [-0.25, -0.2) is 0 Å². The van der Waals surface area contributed by atoms with Crippen LogP contribution in [0, 0.1) is 21.4 Å². The van der Waals surface area contributed by atoms with E-state index in [1.807, 2.05) is 0 Å². The molecule has 1 heterocycles. The number of hydrogen-bond acceptors (Lipinski definition) is 5. The number of nitrogens with two attached hydrogens (primary N) is 1. The van der Waals surface area contributed by atoms with Crippen LogP contribution in [0.5, 0.6) is 0 Å². The first-order valence-corrected chi connectivity index (χ1v) is 3.89. The number of rotatable bonds is 1. The standard InChI is InChI=1S/C5H2ClN3O2S/c6-3-2(1-7)4(8)12-5(3)9(10)11/h8H2. The van der Waals surface area contributed by atoms with Gasteiger partial charge in [-0.05, 0) is 11.3 Å². The van der Waals surface area contributed by atoms with Crippen molar-refractivity contribution in [1.29, 1.82) is 5.26 Å². The molecule has 12 heavy (non-hydrogen) atoms. The molecule has 1 aromatic rings. The van der Waals surface area contributed by atoms with Gasteiger partial charge in [0.05, 0.1) is 4.92 Å². The fourth-order valence-corrected chi connectivity index (χ4v) is 1.75. The summed E-state index contributed by atoms with van der Waals surface area (Å²) in [5.41, 5.74) is 5.28. The maximum atomic E-state index is 10.3. The molecule has 0 amide bonds. The Balaban J connectivity index is 3.39. The predicted octanol–water partition coefficient (Wildman–Crippen LogP) is 1.76. The van der Waals surface area contributed by atoms with E-state index in [9.17, 15) is 10.1 Å². The third-order valence-corrected chi connectivity index (χ3v) is 2.59. The van der Waals surface area contributed by atoms with Crippen molar-refractivity contribution >= 4 is 32.9 Å². The van der Waals surface area contributed by atoms with Crippen molar-refractivity contribution in [3.8, 4) is 6.07 Å². The van der Waals surface area contributed by atoms with Gasteiger partial charge in [-0.15, -0.1) is 0 Å². The topological polar surface area (TPSA) is 93.0 Å². The molecule has 0 aromatic carbocycles. The molecule has 0 unspecified atom stereocenters. The Morgan fingerprint density at radius 1 is 1.75 bits per heavy atom. The minimum Gasteiger partial charge on any atom is -0.389 e. The second kappa shape index (κ2) is 2.97.